The molecule has 1 aliphatic rings. The number of Topliss-reactive ketones (excluding diaryl/α,β-unsaturated/α-hetero) is 1. The fraction of sp³-hybridized carbons (Fsp3) is 0.391. The van der Waals surface area contributed by atoms with Crippen molar-refractivity contribution in [2.75, 3.05) is 13.1 Å². The molecule has 27 heavy (non-hydrogen) atoms. The standard InChI is InChI=1S/C23H28N2O2/c1-17(24)21-8-5-15-25(16-21)23(27)14-13-22(26)20-11-9-19(10-12-20)18-6-3-2-4-7-18/h2-4,6-7,9-12,17,21H,5,8,13-16,24H2,1H3. The van der Waals surface area contributed by atoms with Crippen molar-refractivity contribution in [2.24, 2.45) is 11.7 Å². The number of hydrogen-bond donors (Lipinski definition) is 1. The molecule has 3 rings (SSSR count). The molecule has 142 valence electrons. The van der Waals surface area contributed by atoms with Crippen molar-refractivity contribution in [2.45, 2.75) is 38.6 Å². The van der Waals surface area contributed by atoms with Crippen LogP contribution in [-0.4, -0.2) is 35.7 Å². The summed E-state index contributed by atoms with van der Waals surface area (Å²) in [6.07, 6.45) is 2.59. The van der Waals surface area contributed by atoms with Crippen molar-refractivity contribution in [3.63, 3.8) is 0 Å². The molecule has 1 heterocycles. The largest absolute Gasteiger partial charge is 0.342 e. The van der Waals surface area contributed by atoms with E-state index in [1.54, 1.807) is 0 Å². The van der Waals surface area contributed by atoms with Crippen LogP contribution in [0.1, 0.15) is 43.0 Å². The van der Waals surface area contributed by atoms with Gasteiger partial charge >= 0.3 is 0 Å². The number of likely N-dealkylation sites (tertiary alicyclic amines) is 1. The third-order valence-electron chi connectivity index (χ3n) is 5.43. The van der Waals surface area contributed by atoms with E-state index < -0.39 is 0 Å². The zero-order valence-corrected chi connectivity index (χ0v) is 15.9. The Labute approximate surface area is 161 Å². The first-order valence-electron chi connectivity index (χ1n) is 9.76. The first kappa shape index (κ1) is 19.3. The highest BCUT2D eigenvalue weighted by Crippen LogP contribution is 2.21. The van der Waals surface area contributed by atoms with Gasteiger partial charge in [0.1, 0.15) is 0 Å². The Bertz CT molecular complexity index is 769. The highest BCUT2D eigenvalue weighted by atomic mass is 16.2. The number of ketones is 1. The molecule has 0 aliphatic carbocycles. The lowest BCUT2D eigenvalue weighted by Gasteiger charge is -2.34. The van der Waals surface area contributed by atoms with E-state index in [9.17, 15) is 9.59 Å². The van der Waals surface area contributed by atoms with Crippen LogP contribution >= 0.6 is 0 Å². The Kier molecular flexibility index (Phi) is 6.40. The molecule has 0 saturated carbocycles. The SMILES string of the molecule is CC(N)C1CCCN(C(=O)CCC(=O)c2ccc(-c3ccccc3)cc2)C1. The van der Waals surface area contributed by atoms with Gasteiger partial charge in [-0.05, 0) is 36.8 Å². The summed E-state index contributed by atoms with van der Waals surface area (Å²) in [4.78, 5) is 26.8. The van der Waals surface area contributed by atoms with Crippen LogP contribution in [0.15, 0.2) is 54.6 Å². The van der Waals surface area contributed by atoms with Crippen molar-refractivity contribution < 1.29 is 9.59 Å². The second-order valence-corrected chi connectivity index (χ2v) is 7.47. The first-order valence-corrected chi connectivity index (χ1v) is 9.76. The van der Waals surface area contributed by atoms with Gasteiger partial charge in [0.25, 0.3) is 0 Å². The van der Waals surface area contributed by atoms with E-state index in [4.69, 9.17) is 5.73 Å². The number of nitrogens with zero attached hydrogens (tertiary/aromatic N) is 1. The summed E-state index contributed by atoms with van der Waals surface area (Å²) in [6, 6.07) is 17.8. The van der Waals surface area contributed by atoms with Gasteiger partial charge in [-0.15, -0.1) is 0 Å². The maximum absolute atomic E-state index is 12.5. The van der Waals surface area contributed by atoms with E-state index in [1.165, 1.54) is 0 Å². The average Bonchev–Trinajstić information content (AvgIpc) is 2.72. The lowest BCUT2D eigenvalue weighted by Crippen LogP contribution is -2.45. The summed E-state index contributed by atoms with van der Waals surface area (Å²) in [7, 11) is 0. The zero-order valence-electron chi connectivity index (χ0n) is 15.9. The third-order valence-corrected chi connectivity index (χ3v) is 5.43. The molecule has 2 atom stereocenters. The van der Waals surface area contributed by atoms with Crippen LogP contribution in [0, 0.1) is 5.92 Å². The summed E-state index contributed by atoms with van der Waals surface area (Å²) in [6.45, 7) is 3.50. The normalized spacial score (nSPS) is 18.1. The van der Waals surface area contributed by atoms with Crippen LogP contribution in [0.5, 0.6) is 0 Å². The maximum Gasteiger partial charge on any atom is 0.223 e. The van der Waals surface area contributed by atoms with Crippen molar-refractivity contribution >= 4 is 11.7 Å². The van der Waals surface area contributed by atoms with Gasteiger partial charge in [-0.3, -0.25) is 9.59 Å². The Balaban J connectivity index is 1.54. The number of rotatable bonds is 6. The van der Waals surface area contributed by atoms with Crippen LogP contribution in [-0.2, 0) is 4.79 Å². The van der Waals surface area contributed by atoms with Gasteiger partial charge in [0.15, 0.2) is 5.78 Å². The first-order chi connectivity index (χ1) is 13.0. The minimum absolute atomic E-state index is 0.0173. The molecule has 1 saturated heterocycles. The van der Waals surface area contributed by atoms with Crippen LogP contribution in [0.4, 0.5) is 0 Å². The molecular weight excluding hydrogens is 336 g/mol. The maximum atomic E-state index is 12.5. The molecule has 0 aromatic heterocycles. The van der Waals surface area contributed by atoms with Crippen molar-refractivity contribution in [1.82, 2.24) is 4.90 Å². The molecule has 1 aliphatic heterocycles. The highest BCUT2D eigenvalue weighted by molar-refractivity contribution is 5.98. The Hall–Kier alpha value is -2.46. The smallest absolute Gasteiger partial charge is 0.223 e. The molecule has 2 unspecified atom stereocenters. The fourth-order valence-corrected chi connectivity index (χ4v) is 3.67. The lowest BCUT2D eigenvalue weighted by atomic mass is 9.92. The Morgan fingerprint density at radius 3 is 2.37 bits per heavy atom. The number of piperidine rings is 1. The van der Waals surface area contributed by atoms with Gasteiger partial charge < -0.3 is 10.6 Å². The van der Waals surface area contributed by atoms with Crippen LogP contribution in [0.2, 0.25) is 0 Å². The molecule has 4 nitrogen and oxygen atoms in total. The van der Waals surface area contributed by atoms with Crippen molar-refractivity contribution in [3.8, 4) is 11.1 Å². The van der Waals surface area contributed by atoms with Crippen molar-refractivity contribution in [1.29, 1.82) is 0 Å². The van der Waals surface area contributed by atoms with E-state index in [2.05, 4.69) is 0 Å². The summed E-state index contributed by atoms with van der Waals surface area (Å²) >= 11 is 0. The topological polar surface area (TPSA) is 63.4 Å². The number of amides is 1. The Morgan fingerprint density at radius 1 is 1.04 bits per heavy atom. The second kappa shape index (κ2) is 8.96. The van der Waals surface area contributed by atoms with Crippen LogP contribution in [0.25, 0.3) is 11.1 Å². The summed E-state index contributed by atoms with van der Waals surface area (Å²) in [5, 5.41) is 0. The van der Waals surface area contributed by atoms with Gasteiger partial charge in [0.2, 0.25) is 5.91 Å². The number of carbonyl (C=O) groups excluding carboxylic acids is 2. The monoisotopic (exact) mass is 364 g/mol. The van der Waals surface area contributed by atoms with Gasteiger partial charge in [-0.25, -0.2) is 0 Å². The van der Waals surface area contributed by atoms with E-state index in [-0.39, 0.29) is 30.6 Å². The predicted molar refractivity (Wildman–Crippen MR) is 108 cm³/mol. The van der Waals surface area contributed by atoms with Gasteiger partial charge in [-0.2, -0.15) is 0 Å². The molecule has 2 aromatic rings. The minimum atomic E-state index is 0.0173. The number of nitrogens with two attached hydrogens (primary N) is 1. The van der Waals surface area contributed by atoms with Crippen LogP contribution < -0.4 is 5.73 Å². The number of benzene rings is 2. The summed E-state index contributed by atoms with van der Waals surface area (Å²) < 4.78 is 0. The summed E-state index contributed by atoms with van der Waals surface area (Å²) in [5.41, 5.74) is 8.86. The van der Waals surface area contributed by atoms with Crippen LogP contribution in [0.3, 0.4) is 0 Å². The molecule has 1 fully saturated rings. The van der Waals surface area contributed by atoms with Crippen molar-refractivity contribution in [3.05, 3.63) is 60.2 Å². The lowest BCUT2D eigenvalue weighted by molar-refractivity contribution is -0.133. The van der Waals surface area contributed by atoms with E-state index in [0.29, 0.717) is 11.5 Å². The fourth-order valence-electron chi connectivity index (χ4n) is 3.67. The summed E-state index contributed by atoms with van der Waals surface area (Å²) in [5.74, 6) is 0.447. The van der Waals surface area contributed by atoms with Gasteiger partial charge in [0, 0.05) is 37.5 Å². The number of hydrogen-bond acceptors (Lipinski definition) is 3. The second-order valence-electron chi connectivity index (χ2n) is 7.47. The average molecular weight is 364 g/mol. The molecule has 0 spiro atoms. The predicted octanol–water partition coefficient (Wildman–Crippen LogP) is 3.90. The molecule has 0 radical (unpaired) electrons. The molecule has 4 heteroatoms. The Morgan fingerprint density at radius 2 is 1.70 bits per heavy atom. The van der Waals surface area contributed by atoms with Gasteiger partial charge in [-0.1, -0.05) is 54.6 Å². The molecule has 1 amide bonds. The highest BCUT2D eigenvalue weighted by Gasteiger charge is 2.25. The quantitative estimate of drug-likeness (QED) is 0.791. The van der Waals surface area contributed by atoms with E-state index >= 15 is 0 Å². The number of carbonyl (C=O) groups is 2. The minimum Gasteiger partial charge on any atom is -0.342 e. The third kappa shape index (κ3) is 5.04. The van der Waals surface area contributed by atoms with E-state index in [1.807, 2.05) is 66.4 Å². The molecule has 0 bridgehead atoms. The van der Waals surface area contributed by atoms with Gasteiger partial charge in [0.05, 0.1) is 0 Å². The van der Waals surface area contributed by atoms with E-state index in [0.717, 1.165) is 37.1 Å². The molecule has 2 aromatic carbocycles. The molecule has 2 N–H and O–H groups in total. The zero-order chi connectivity index (χ0) is 19.2. The molecular formula is C23H28N2O2.